The molecule has 1 aromatic carbocycles. The quantitative estimate of drug-likeness (QED) is 0.684. The molecule has 0 saturated heterocycles. The third kappa shape index (κ3) is 5.40. The molecule has 8 heteroatoms. The van der Waals surface area contributed by atoms with Gasteiger partial charge >= 0.3 is 5.51 Å². The predicted octanol–water partition coefficient (Wildman–Crippen LogP) is 2.77. The van der Waals surface area contributed by atoms with E-state index >= 15 is 0 Å². The molecular weight excluding hydrogens is 278 g/mol. The van der Waals surface area contributed by atoms with E-state index in [-0.39, 0.29) is 33.9 Å². The molecule has 2 N–H and O–H groups in total. The van der Waals surface area contributed by atoms with Gasteiger partial charge < -0.3 is 5.73 Å². The van der Waals surface area contributed by atoms with Crippen LogP contribution in [0.5, 0.6) is 0 Å². The van der Waals surface area contributed by atoms with Gasteiger partial charge in [0.2, 0.25) is 0 Å². The number of nitrogens with two attached hydrogens (primary N) is 1. The summed E-state index contributed by atoms with van der Waals surface area (Å²) in [6, 6.07) is 3.34. The third-order valence-electron chi connectivity index (χ3n) is 1.69. The van der Waals surface area contributed by atoms with Gasteiger partial charge in [-0.25, -0.2) is 4.39 Å². The van der Waals surface area contributed by atoms with Crippen LogP contribution >= 0.6 is 11.8 Å². The highest BCUT2D eigenvalue weighted by molar-refractivity contribution is 8.00. The predicted molar refractivity (Wildman–Crippen MR) is 60.6 cm³/mol. The Kier molecular flexibility index (Phi) is 4.81. The van der Waals surface area contributed by atoms with Crippen LogP contribution in [0.4, 0.5) is 23.2 Å². The van der Waals surface area contributed by atoms with Gasteiger partial charge in [-0.05, 0) is 18.2 Å². The second-order valence-electron chi connectivity index (χ2n) is 3.06. The molecule has 1 atom stereocenters. The van der Waals surface area contributed by atoms with Crippen LogP contribution in [0.15, 0.2) is 23.1 Å². The van der Waals surface area contributed by atoms with E-state index in [2.05, 4.69) is 0 Å². The average molecular weight is 287 g/mol. The van der Waals surface area contributed by atoms with Gasteiger partial charge in [-0.15, -0.1) is 0 Å². The molecular formula is C9H9F4NOS2. The molecule has 0 amide bonds. The van der Waals surface area contributed by atoms with Crippen molar-refractivity contribution >= 4 is 28.2 Å². The first-order valence-electron chi connectivity index (χ1n) is 4.43. The maximum absolute atomic E-state index is 12.9. The average Bonchev–Trinajstić information content (AvgIpc) is 2.13. The van der Waals surface area contributed by atoms with E-state index in [9.17, 15) is 21.8 Å². The van der Waals surface area contributed by atoms with Crippen molar-refractivity contribution in [1.82, 2.24) is 0 Å². The van der Waals surface area contributed by atoms with Gasteiger partial charge in [-0.3, -0.25) is 4.21 Å². The fourth-order valence-electron chi connectivity index (χ4n) is 1.07. The Bertz CT molecular complexity index is 402. The fourth-order valence-corrected chi connectivity index (χ4v) is 2.98. The highest BCUT2D eigenvalue weighted by atomic mass is 32.2. The van der Waals surface area contributed by atoms with Crippen molar-refractivity contribution in [3.05, 3.63) is 24.0 Å². The summed E-state index contributed by atoms with van der Waals surface area (Å²) < 4.78 is 59.9. The van der Waals surface area contributed by atoms with Crippen LogP contribution in [0.2, 0.25) is 0 Å². The van der Waals surface area contributed by atoms with Crippen LogP contribution in [0, 0.1) is 5.82 Å². The van der Waals surface area contributed by atoms with Gasteiger partial charge in [0.05, 0.1) is 10.8 Å². The Labute approximate surface area is 102 Å². The lowest BCUT2D eigenvalue weighted by Gasteiger charge is -2.06. The summed E-state index contributed by atoms with van der Waals surface area (Å²) in [5.74, 6) is -1.20. The molecule has 0 aliphatic heterocycles. The summed E-state index contributed by atoms with van der Waals surface area (Å²) in [6.45, 7) is 0. The van der Waals surface area contributed by atoms with E-state index in [0.717, 1.165) is 12.1 Å². The lowest BCUT2D eigenvalue weighted by Crippen LogP contribution is -2.07. The van der Waals surface area contributed by atoms with Crippen molar-refractivity contribution in [2.45, 2.75) is 10.4 Å². The zero-order chi connectivity index (χ0) is 13.1. The summed E-state index contributed by atoms with van der Waals surface area (Å²) in [5.41, 5.74) is 1.09. The van der Waals surface area contributed by atoms with Crippen molar-refractivity contribution < 1.29 is 21.8 Å². The Morgan fingerprint density at radius 2 is 1.94 bits per heavy atom. The van der Waals surface area contributed by atoms with Crippen molar-refractivity contribution in [2.75, 3.05) is 17.2 Å². The van der Waals surface area contributed by atoms with Crippen LogP contribution in [0.3, 0.4) is 0 Å². The summed E-state index contributed by atoms with van der Waals surface area (Å²) >= 11 is -0.253. The molecule has 0 saturated carbocycles. The molecule has 17 heavy (non-hydrogen) atoms. The van der Waals surface area contributed by atoms with Crippen molar-refractivity contribution in [2.24, 2.45) is 0 Å². The van der Waals surface area contributed by atoms with Crippen LogP contribution < -0.4 is 5.73 Å². The number of anilines is 1. The van der Waals surface area contributed by atoms with E-state index in [4.69, 9.17) is 5.73 Å². The third-order valence-corrected chi connectivity index (χ3v) is 4.02. The molecule has 0 aliphatic rings. The Balaban J connectivity index is 2.58. The monoisotopic (exact) mass is 287 g/mol. The number of benzene rings is 1. The summed E-state index contributed by atoms with van der Waals surface area (Å²) in [4.78, 5) is 0.102. The van der Waals surface area contributed by atoms with E-state index < -0.39 is 22.1 Å². The topological polar surface area (TPSA) is 43.1 Å². The number of halogens is 4. The molecule has 0 radical (unpaired) electrons. The van der Waals surface area contributed by atoms with Gasteiger partial charge in [0, 0.05) is 22.1 Å². The van der Waals surface area contributed by atoms with Crippen molar-refractivity contribution in [3.63, 3.8) is 0 Å². The maximum atomic E-state index is 12.9. The van der Waals surface area contributed by atoms with Gasteiger partial charge in [0.25, 0.3) is 0 Å². The maximum Gasteiger partial charge on any atom is 0.441 e. The van der Waals surface area contributed by atoms with Crippen LogP contribution in [0.25, 0.3) is 0 Å². The first kappa shape index (κ1) is 14.3. The Morgan fingerprint density at radius 1 is 1.29 bits per heavy atom. The van der Waals surface area contributed by atoms with Crippen molar-refractivity contribution in [3.8, 4) is 0 Å². The highest BCUT2D eigenvalue weighted by Gasteiger charge is 2.27. The fraction of sp³-hybridized carbons (Fsp3) is 0.333. The minimum Gasteiger partial charge on any atom is -0.399 e. The van der Waals surface area contributed by atoms with E-state index in [1.165, 1.54) is 6.07 Å². The molecule has 2 nitrogen and oxygen atoms in total. The standard InChI is InChI=1S/C9H9F4NOS2/c10-6-3-7(14)5-8(4-6)17(15)2-1-16-9(11,12)13/h3-5H,1-2,14H2. The normalized spacial score (nSPS) is 13.6. The second-order valence-corrected chi connectivity index (χ2v) is 5.79. The molecule has 0 aromatic heterocycles. The molecule has 1 rings (SSSR count). The minimum absolute atomic E-state index is 0.0943. The first-order valence-corrected chi connectivity index (χ1v) is 6.73. The Morgan fingerprint density at radius 3 is 2.47 bits per heavy atom. The van der Waals surface area contributed by atoms with E-state index in [1.807, 2.05) is 0 Å². The van der Waals surface area contributed by atoms with Crippen LogP contribution in [0.1, 0.15) is 0 Å². The lowest BCUT2D eigenvalue weighted by atomic mass is 10.3. The summed E-state index contributed by atoms with van der Waals surface area (Å²) in [5, 5.41) is 0. The van der Waals surface area contributed by atoms with Gasteiger partial charge in [0.1, 0.15) is 5.82 Å². The zero-order valence-electron chi connectivity index (χ0n) is 8.46. The molecule has 0 fully saturated rings. The number of thioether (sulfide) groups is 1. The van der Waals surface area contributed by atoms with E-state index in [0.29, 0.717) is 0 Å². The molecule has 0 heterocycles. The zero-order valence-corrected chi connectivity index (χ0v) is 10.1. The summed E-state index contributed by atoms with van der Waals surface area (Å²) in [6.07, 6.45) is 0. The number of rotatable bonds is 4. The van der Waals surface area contributed by atoms with Crippen molar-refractivity contribution in [1.29, 1.82) is 0 Å². The molecule has 0 bridgehead atoms. The van der Waals surface area contributed by atoms with Gasteiger partial charge in [0.15, 0.2) is 0 Å². The number of nitrogen functional groups attached to an aromatic ring is 1. The number of hydrogen-bond donors (Lipinski definition) is 1. The number of hydrogen-bond acceptors (Lipinski definition) is 3. The molecule has 0 aliphatic carbocycles. The second kappa shape index (κ2) is 5.72. The molecule has 96 valence electrons. The number of alkyl halides is 3. The smallest absolute Gasteiger partial charge is 0.399 e. The molecule has 1 unspecified atom stereocenters. The largest absolute Gasteiger partial charge is 0.441 e. The van der Waals surface area contributed by atoms with Crippen LogP contribution in [-0.4, -0.2) is 21.2 Å². The first-order chi connectivity index (χ1) is 7.78. The Hall–Kier alpha value is -0.760. The summed E-state index contributed by atoms with van der Waals surface area (Å²) in [7, 11) is -1.68. The van der Waals surface area contributed by atoms with E-state index in [1.54, 1.807) is 0 Å². The lowest BCUT2D eigenvalue weighted by molar-refractivity contribution is -0.0326. The van der Waals surface area contributed by atoms with Gasteiger partial charge in [-0.1, -0.05) is 11.8 Å². The highest BCUT2D eigenvalue weighted by Crippen LogP contribution is 2.30. The molecule has 1 aromatic rings. The minimum atomic E-state index is -4.34. The SMILES string of the molecule is Nc1cc(F)cc(S(=O)CCSC(F)(F)F)c1. The molecule has 0 spiro atoms. The van der Waals surface area contributed by atoms with Crippen LogP contribution in [-0.2, 0) is 10.8 Å². The van der Waals surface area contributed by atoms with Gasteiger partial charge in [-0.2, -0.15) is 13.2 Å².